The van der Waals surface area contributed by atoms with Crippen molar-refractivity contribution in [2.75, 3.05) is 36.8 Å². The van der Waals surface area contributed by atoms with Crippen molar-refractivity contribution in [2.45, 2.75) is 26.7 Å². The number of rotatable bonds is 6. The summed E-state index contributed by atoms with van der Waals surface area (Å²) in [4.78, 5) is 10.7. The van der Waals surface area contributed by atoms with Gasteiger partial charge in [-0.2, -0.15) is 9.40 Å². The molecule has 8 nitrogen and oxygen atoms in total. The van der Waals surface area contributed by atoms with Crippen LogP contribution in [0.15, 0.2) is 24.7 Å². The summed E-state index contributed by atoms with van der Waals surface area (Å²) in [6.45, 7) is 6.16. The molecule has 0 radical (unpaired) electrons. The molecule has 0 bridgehead atoms. The molecule has 1 aliphatic rings. The smallest absolute Gasteiger partial charge is 0.214 e. The van der Waals surface area contributed by atoms with Crippen LogP contribution in [0.4, 0.5) is 5.82 Å². The predicted molar refractivity (Wildman–Crippen MR) is 96.4 cm³/mol. The highest BCUT2D eigenvalue weighted by Crippen LogP contribution is 2.17. The van der Waals surface area contributed by atoms with Crippen LogP contribution in [0, 0.1) is 6.92 Å². The highest BCUT2D eigenvalue weighted by atomic mass is 32.2. The van der Waals surface area contributed by atoms with Gasteiger partial charge in [0.2, 0.25) is 10.0 Å². The topological polar surface area (TPSA) is 84.2 Å². The first-order chi connectivity index (χ1) is 12.0. The molecule has 1 saturated heterocycles. The lowest BCUT2D eigenvalue weighted by Crippen LogP contribution is -2.49. The van der Waals surface area contributed by atoms with E-state index in [1.165, 1.54) is 6.33 Å². The van der Waals surface area contributed by atoms with Gasteiger partial charge in [-0.1, -0.05) is 13.3 Å². The van der Waals surface area contributed by atoms with Crippen molar-refractivity contribution < 1.29 is 8.42 Å². The summed E-state index contributed by atoms with van der Waals surface area (Å²) in [6.07, 6.45) is 4.97. The Labute approximate surface area is 148 Å². The third-order valence-corrected chi connectivity index (χ3v) is 6.26. The van der Waals surface area contributed by atoms with Crippen molar-refractivity contribution >= 4 is 15.8 Å². The molecule has 0 unspecified atom stereocenters. The molecule has 0 aromatic carbocycles. The summed E-state index contributed by atoms with van der Waals surface area (Å²) in [5.41, 5.74) is 0.922. The second-order valence-corrected chi connectivity index (χ2v) is 8.28. The van der Waals surface area contributed by atoms with Gasteiger partial charge in [0.05, 0.1) is 11.4 Å². The maximum Gasteiger partial charge on any atom is 0.214 e. The van der Waals surface area contributed by atoms with Crippen molar-refractivity contribution in [3.63, 3.8) is 0 Å². The van der Waals surface area contributed by atoms with Crippen molar-refractivity contribution in [3.8, 4) is 5.82 Å². The fourth-order valence-corrected chi connectivity index (χ4v) is 4.46. The van der Waals surface area contributed by atoms with Gasteiger partial charge < -0.3 is 4.90 Å². The van der Waals surface area contributed by atoms with E-state index >= 15 is 0 Å². The molecule has 25 heavy (non-hydrogen) atoms. The third-order valence-electron chi connectivity index (χ3n) is 4.31. The normalized spacial score (nSPS) is 16.3. The summed E-state index contributed by atoms with van der Waals surface area (Å²) in [7, 11) is -3.14. The number of hydrogen-bond donors (Lipinski definition) is 0. The van der Waals surface area contributed by atoms with Crippen LogP contribution in [0.2, 0.25) is 0 Å². The number of anilines is 1. The monoisotopic (exact) mass is 364 g/mol. The summed E-state index contributed by atoms with van der Waals surface area (Å²) in [5.74, 6) is 1.74. The number of piperazine rings is 1. The van der Waals surface area contributed by atoms with Gasteiger partial charge in [-0.3, -0.25) is 0 Å². The Morgan fingerprint density at radius 2 is 1.84 bits per heavy atom. The van der Waals surface area contributed by atoms with Gasteiger partial charge >= 0.3 is 0 Å². The highest BCUT2D eigenvalue weighted by Gasteiger charge is 2.27. The summed E-state index contributed by atoms with van der Waals surface area (Å²) >= 11 is 0. The van der Waals surface area contributed by atoms with Crippen molar-refractivity contribution in [1.82, 2.24) is 24.1 Å². The van der Waals surface area contributed by atoms with Gasteiger partial charge in [-0.15, -0.1) is 0 Å². The molecular formula is C16H24N6O2S. The molecule has 0 saturated carbocycles. The molecule has 9 heteroatoms. The Kier molecular flexibility index (Phi) is 5.33. The molecule has 3 rings (SSSR count). The van der Waals surface area contributed by atoms with Gasteiger partial charge in [0, 0.05) is 38.4 Å². The Morgan fingerprint density at radius 1 is 1.12 bits per heavy atom. The molecule has 2 aromatic rings. The SMILES string of the molecule is CCCCS(=O)(=O)N1CCN(c2cc(-n3ccc(C)n3)ncn2)CC1. The third kappa shape index (κ3) is 4.16. The second-order valence-electron chi connectivity index (χ2n) is 6.19. The molecule has 1 fully saturated rings. The molecule has 0 spiro atoms. The molecule has 0 aliphatic carbocycles. The van der Waals surface area contributed by atoms with E-state index in [2.05, 4.69) is 20.0 Å². The van der Waals surface area contributed by atoms with Crippen molar-refractivity contribution in [3.05, 3.63) is 30.4 Å². The lowest BCUT2D eigenvalue weighted by Gasteiger charge is -2.34. The maximum atomic E-state index is 12.3. The number of nitrogens with zero attached hydrogens (tertiary/aromatic N) is 6. The van der Waals surface area contributed by atoms with Gasteiger partial charge in [-0.25, -0.2) is 23.1 Å². The Hall–Kier alpha value is -2.00. The number of sulfonamides is 1. The van der Waals surface area contributed by atoms with Gasteiger partial charge in [-0.05, 0) is 19.4 Å². The first-order valence-electron chi connectivity index (χ1n) is 8.57. The van der Waals surface area contributed by atoms with Crippen molar-refractivity contribution in [2.24, 2.45) is 0 Å². The largest absolute Gasteiger partial charge is 0.354 e. The molecule has 1 aliphatic heterocycles. The van der Waals surface area contributed by atoms with E-state index < -0.39 is 10.0 Å². The van der Waals surface area contributed by atoms with Crippen molar-refractivity contribution in [1.29, 1.82) is 0 Å². The molecule has 136 valence electrons. The summed E-state index contributed by atoms with van der Waals surface area (Å²) in [5, 5.41) is 4.36. The van der Waals surface area contributed by atoms with Crippen LogP contribution < -0.4 is 4.90 Å². The standard InChI is InChI=1S/C16H24N6O2S/c1-3-4-11-25(23,24)21-9-7-20(8-10-21)15-12-16(18-13-17-15)22-6-5-14(2)19-22/h5-6,12-13H,3-4,7-11H2,1-2H3. The molecule has 2 aromatic heterocycles. The van der Waals surface area contributed by atoms with E-state index in [0.29, 0.717) is 38.4 Å². The second kappa shape index (κ2) is 7.49. The predicted octanol–water partition coefficient (Wildman–Crippen LogP) is 1.22. The van der Waals surface area contributed by atoms with E-state index in [4.69, 9.17) is 0 Å². The van der Waals surface area contributed by atoms with Crippen LogP contribution >= 0.6 is 0 Å². The Morgan fingerprint density at radius 3 is 2.48 bits per heavy atom. The average molecular weight is 364 g/mol. The van der Waals surface area contributed by atoms with Crippen LogP contribution in [0.1, 0.15) is 25.5 Å². The minimum absolute atomic E-state index is 0.236. The van der Waals surface area contributed by atoms with E-state index in [-0.39, 0.29) is 5.75 Å². The lowest BCUT2D eigenvalue weighted by atomic mass is 10.3. The molecule has 0 atom stereocenters. The molecule has 3 heterocycles. The first kappa shape index (κ1) is 17.8. The van der Waals surface area contributed by atoms with E-state index in [1.54, 1.807) is 8.99 Å². The van der Waals surface area contributed by atoms with Gasteiger partial charge in [0.1, 0.15) is 12.1 Å². The average Bonchev–Trinajstić information content (AvgIpc) is 3.07. The zero-order valence-electron chi connectivity index (χ0n) is 14.7. The van der Waals surface area contributed by atoms with E-state index in [0.717, 1.165) is 17.9 Å². The van der Waals surface area contributed by atoms with Crippen LogP contribution in [-0.4, -0.2) is 64.4 Å². The van der Waals surface area contributed by atoms with E-state index in [9.17, 15) is 8.42 Å². The summed E-state index contributed by atoms with van der Waals surface area (Å²) < 4.78 is 27.9. The molecule has 0 amide bonds. The minimum Gasteiger partial charge on any atom is -0.354 e. The fraction of sp³-hybridized carbons (Fsp3) is 0.562. The molecular weight excluding hydrogens is 340 g/mol. The van der Waals surface area contributed by atoms with Crippen LogP contribution in [0.3, 0.4) is 0 Å². The quantitative estimate of drug-likeness (QED) is 0.766. The number of unbranched alkanes of at least 4 members (excludes halogenated alkanes) is 1. The highest BCUT2D eigenvalue weighted by molar-refractivity contribution is 7.89. The van der Waals surface area contributed by atoms with Crippen LogP contribution in [-0.2, 0) is 10.0 Å². The van der Waals surface area contributed by atoms with Gasteiger partial charge in [0.25, 0.3) is 0 Å². The van der Waals surface area contributed by atoms with Gasteiger partial charge in [0.15, 0.2) is 5.82 Å². The van der Waals surface area contributed by atoms with Crippen LogP contribution in [0.25, 0.3) is 5.82 Å². The van der Waals surface area contributed by atoms with Crippen LogP contribution in [0.5, 0.6) is 0 Å². The number of aryl methyl sites for hydroxylation is 1. The number of aromatic nitrogens is 4. The minimum atomic E-state index is -3.14. The number of hydrogen-bond acceptors (Lipinski definition) is 6. The lowest BCUT2D eigenvalue weighted by molar-refractivity contribution is 0.383. The summed E-state index contributed by atoms with van der Waals surface area (Å²) in [6, 6.07) is 3.80. The zero-order chi connectivity index (χ0) is 17.9. The zero-order valence-corrected chi connectivity index (χ0v) is 15.5. The molecule has 0 N–H and O–H groups in total. The Bertz CT molecular complexity index is 812. The van der Waals surface area contributed by atoms with E-state index in [1.807, 2.05) is 32.2 Å². The Balaban J connectivity index is 1.67. The fourth-order valence-electron chi connectivity index (χ4n) is 2.83. The maximum absolute atomic E-state index is 12.3. The first-order valence-corrected chi connectivity index (χ1v) is 10.2.